The Labute approximate surface area is 193 Å². The largest absolute Gasteiger partial charge is 0.365 e. The summed E-state index contributed by atoms with van der Waals surface area (Å²) in [5.41, 5.74) is 4.84. The second-order valence-electron chi connectivity index (χ2n) is 10.3. The smallest absolute Gasteiger partial charge is 0.270 e. The Balaban J connectivity index is 1.36. The Kier molecular flexibility index (Phi) is 5.26. The Morgan fingerprint density at radius 1 is 1.21 bits per heavy atom. The number of hydrogen-bond donors (Lipinski definition) is 2. The number of fused-ring (bicyclic) bond motifs is 2. The molecule has 2 aliphatic rings. The van der Waals surface area contributed by atoms with E-state index in [0.29, 0.717) is 25.2 Å². The summed E-state index contributed by atoms with van der Waals surface area (Å²) in [4.78, 5) is 40.0. The summed E-state index contributed by atoms with van der Waals surface area (Å²) in [5.74, 6) is 1.43. The van der Waals surface area contributed by atoms with Gasteiger partial charge in [-0.25, -0.2) is 4.98 Å². The van der Waals surface area contributed by atoms with Gasteiger partial charge < -0.3 is 15.2 Å². The summed E-state index contributed by atoms with van der Waals surface area (Å²) in [7, 11) is 0. The van der Waals surface area contributed by atoms with E-state index in [9.17, 15) is 9.59 Å². The van der Waals surface area contributed by atoms with Crippen LogP contribution in [0.3, 0.4) is 0 Å². The van der Waals surface area contributed by atoms with E-state index in [0.717, 1.165) is 59.7 Å². The SMILES string of the molecule is Cc1c(C(=O)N2CCC(c3nc4cnccn4c3NC(C)(C)C)CC2)[nH]c2c1C(=O)CCC2. The van der Waals surface area contributed by atoms with Crippen molar-refractivity contribution in [3.05, 3.63) is 46.8 Å². The molecule has 0 spiro atoms. The lowest BCUT2D eigenvalue weighted by molar-refractivity contribution is 0.0706. The molecule has 0 aromatic carbocycles. The molecule has 4 heterocycles. The fraction of sp³-hybridized carbons (Fsp3) is 0.520. The lowest BCUT2D eigenvalue weighted by Crippen LogP contribution is -2.38. The van der Waals surface area contributed by atoms with Crippen LogP contribution in [0.15, 0.2) is 18.6 Å². The number of carbonyl (C=O) groups excluding carboxylic acids is 2. The molecule has 0 saturated carbocycles. The summed E-state index contributed by atoms with van der Waals surface area (Å²) in [6.07, 6.45) is 9.46. The highest BCUT2D eigenvalue weighted by Crippen LogP contribution is 2.35. The third-order valence-electron chi connectivity index (χ3n) is 6.77. The van der Waals surface area contributed by atoms with Gasteiger partial charge in [-0.2, -0.15) is 0 Å². The number of aromatic amines is 1. The number of nitrogens with zero attached hydrogens (tertiary/aromatic N) is 4. The molecular weight excluding hydrogens is 416 g/mol. The van der Waals surface area contributed by atoms with E-state index >= 15 is 0 Å². The molecule has 1 fully saturated rings. The van der Waals surface area contributed by atoms with Crippen molar-refractivity contribution in [3.63, 3.8) is 0 Å². The number of hydrogen-bond acceptors (Lipinski definition) is 5. The molecule has 0 unspecified atom stereocenters. The van der Waals surface area contributed by atoms with Crippen molar-refractivity contribution in [2.45, 2.75) is 71.3 Å². The number of H-pyrrole nitrogens is 1. The maximum absolute atomic E-state index is 13.3. The molecule has 3 aromatic rings. The predicted octanol–water partition coefficient (Wildman–Crippen LogP) is 4.12. The zero-order chi connectivity index (χ0) is 23.3. The van der Waals surface area contributed by atoms with Crippen molar-refractivity contribution in [1.82, 2.24) is 24.3 Å². The minimum absolute atomic E-state index is 0.000362. The lowest BCUT2D eigenvalue weighted by Gasteiger charge is -2.32. The zero-order valence-electron chi connectivity index (χ0n) is 19.9. The summed E-state index contributed by atoms with van der Waals surface area (Å²) < 4.78 is 2.06. The van der Waals surface area contributed by atoms with E-state index in [1.165, 1.54) is 0 Å². The molecule has 2 N–H and O–H groups in total. The second kappa shape index (κ2) is 8.01. The topological polar surface area (TPSA) is 95.4 Å². The first kappa shape index (κ1) is 21.7. The molecule has 1 amide bonds. The highest BCUT2D eigenvalue weighted by molar-refractivity contribution is 6.04. The number of Topliss-reactive ketones (excluding diaryl/α,β-unsaturated/α-hetero) is 1. The van der Waals surface area contributed by atoms with Crippen LogP contribution >= 0.6 is 0 Å². The maximum Gasteiger partial charge on any atom is 0.270 e. The van der Waals surface area contributed by atoms with Crippen molar-refractivity contribution in [1.29, 1.82) is 0 Å². The van der Waals surface area contributed by atoms with E-state index in [4.69, 9.17) is 4.98 Å². The molecule has 33 heavy (non-hydrogen) atoms. The van der Waals surface area contributed by atoms with Gasteiger partial charge in [-0.3, -0.25) is 19.0 Å². The van der Waals surface area contributed by atoms with Crippen molar-refractivity contribution >= 4 is 23.2 Å². The lowest BCUT2D eigenvalue weighted by atomic mass is 9.92. The van der Waals surface area contributed by atoms with Gasteiger partial charge >= 0.3 is 0 Å². The maximum atomic E-state index is 13.3. The van der Waals surface area contributed by atoms with E-state index in [1.807, 2.05) is 18.0 Å². The first-order valence-electron chi connectivity index (χ1n) is 11.9. The molecule has 0 radical (unpaired) electrons. The molecule has 8 heteroatoms. The standard InChI is InChI=1S/C25H32N6O2/c1-15-20-17(6-5-7-18(20)32)27-21(15)24(33)30-11-8-16(9-12-30)22-23(29-25(2,3)4)31-13-10-26-14-19(31)28-22/h10,13-14,16,27,29H,5-9,11-12H2,1-4H3. The zero-order valence-corrected chi connectivity index (χ0v) is 19.9. The number of carbonyl (C=O) groups is 2. The van der Waals surface area contributed by atoms with Crippen LogP contribution in [0.1, 0.15) is 90.2 Å². The van der Waals surface area contributed by atoms with Gasteiger partial charge in [-0.05, 0) is 58.9 Å². The van der Waals surface area contributed by atoms with Crippen LogP contribution in [0, 0.1) is 6.92 Å². The van der Waals surface area contributed by atoms with E-state index in [-0.39, 0.29) is 23.1 Å². The first-order valence-corrected chi connectivity index (χ1v) is 11.9. The number of rotatable bonds is 3. The number of aryl methyl sites for hydroxylation is 1. The average molecular weight is 449 g/mol. The number of amides is 1. The molecule has 8 nitrogen and oxygen atoms in total. The third kappa shape index (κ3) is 3.92. The van der Waals surface area contributed by atoms with Crippen molar-refractivity contribution in [3.8, 4) is 0 Å². The fourth-order valence-electron chi connectivity index (χ4n) is 5.19. The number of nitrogens with one attached hydrogen (secondary N) is 2. The van der Waals surface area contributed by atoms with Crippen LogP contribution in [-0.4, -0.2) is 54.6 Å². The van der Waals surface area contributed by atoms with Crippen LogP contribution in [0.4, 0.5) is 5.82 Å². The number of anilines is 1. The van der Waals surface area contributed by atoms with E-state index in [1.54, 1.807) is 12.4 Å². The summed E-state index contributed by atoms with van der Waals surface area (Å²) >= 11 is 0. The molecule has 1 aliphatic carbocycles. The fourth-order valence-corrected chi connectivity index (χ4v) is 5.19. The van der Waals surface area contributed by atoms with Gasteiger partial charge in [0.25, 0.3) is 5.91 Å². The quantitative estimate of drug-likeness (QED) is 0.629. The second-order valence-corrected chi connectivity index (χ2v) is 10.3. The molecule has 1 aliphatic heterocycles. The summed E-state index contributed by atoms with van der Waals surface area (Å²) in [6.45, 7) is 9.65. The Hall–Kier alpha value is -3.16. The van der Waals surface area contributed by atoms with Gasteiger partial charge in [0.2, 0.25) is 0 Å². The Morgan fingerprint density at radius 3 is 2.67 bits per heavy atom. The van der Waals surface area contributed by atoms with Crippen molar-refractivity contribution < 1.29 is 9.59 Å². The molecule has 0 bridgehead atoms. The van der Waals surface area contributed by atoms with Gasteiger partial charge in [0.15, 0.2) is 11.4 Å². The van der Waals surface area contributed by atoms with Crippen LogP contribution in [-0.2, 0) is 6.42 Å². The van der Waals surface area contributed by atoms with Gasteiger partial charge in [0.05, 0.1) is 11.9 Å². The van der Waals surface area contributed by atoms with Crippen molar-refractivity contribution in [2.24, 2.45) is 0 Å². The Morgan fingerprint density at radius 2 is 1.97 bits per heavy atom. The Bertz CT molecular complexity index is 1220. The molecule has 3 aromatic heterocycles. The summed E-state index contributed by atoms with van der Waals surface area (Å²) in [5, 5.41) is 3.62. The number of aromatic nitrogens is 4. The predicted molar refractivity (Wildman–Crippen MR) is 127 cm³/mol. The minimum Gasteiger partial charge on any atom is -0.365 e. The molecular formula is C25H32N6O2. The van der Waals surface area contributed by atoms with Crippen LogP contribution in [0.25, 0.3) is 5.65 Å². The highest BCUT2D eigenvalue weighted by Gasteiger charge is 2.32. The third-order valence-corrected chi connectivity index (χ3v) is 6.77. The number of imidazole rings is 1. The number of ketones is 1. The van der Waals surface area contributed by atoms with Crippen LogP contribution in [0.2, 0.25) is 0 Å². The van der Waals surface area contributed by atoms with Gasteiger partial charge in [-0.15, -0.1) is 0 Å². The van der Waals surface area contributed by atoms with Crippen molar-refractivity contribution in [2.75, 3.05) is 18.4 Å². The van der Waals surface area contributed by atoms with E-state index < -0.39 is 0 Å². The van der Waals surface area contributed by atoms with Crippen LogP contribution < -0.4 is 5.32 Å². The highest BCUT2D eigenvalue weighted by atomic mass is 16.2. The molecule has 1 saturated heterocycles. The minimum atomic E-state index is -0.105. The summed E-state index contributed by atoms with van der Waals surface area (Å²) in [6, 6.07) is 0. The first-order chi connectivity index (χ1) is 15.7. The van der Waals surface area contributed by atoms with Crippen LogP contribution in [0.5, 0.6) is 0 Å². The van der Waals surface area contributed by atoms with Gasteiger partial charge in [0, 0.05) is 54.6 Å². The number of likely N-dealkylation sites (tertiary alicyclic amines) is 1. The monoisotopic (exact) mass is 448 g/mol. The molecule has 0 atom stereocenters. The normalized spacial score (nSPS) is 17.5. The number of piperidine rings is 1. The van der Waals surface area contributed by atoms with E-state index in [2.05, 4.69) is 40.5 Å². The van der Waals surface area contributed by atoms with Gasteiger partial charge in [-0.1, -0.05) is 0 Å². The molecule has 5 rings (SSSR count). The van der Waals surface area contributed by atoms with Gasteiger partial charge in [0.1, 0.15) is 11.5 Å². The average Bonchev–Trinajstić information content (AvgIpc) is 3.31. The molecule has 174 valence electrons.